The van der Waals surface area contributed by atoms with Crippen molar-refractivity contribution >= 4 is 5.97 Å². The molecule has 0 spiro atoms. The molecule has 4 heteroatoms. The van der Waals surface area contributed by atoms with Crippen molar-refractivity contribution in [1.82, 2.24) is 4.90 Å². The van der Waals surface area contributed by atoms with Crippen LogP contribution in [0.15, 0.2) is 0 Å². The zero-order chi connectivity index (χ0) is 10.4. The van der Waals surface area contributed by atoms with Crippen LogP contribution in [-0.2, 0) is 14.3 Å². The Balaban J connectivity index is 2.20. The maximum Gasteiger partial charge on any atom is 0.306 e. The second-order valence-electron chi connectivity index (χ2n) is 3.53. The number of hydrogen-bond acceptors (Lipinski definition) is 4. The van der Waals surface area contributed by atoms with Crippen LogP contribution in [0.25, 0.3) is 0 Å². The predicted octanol–water partition coefficient (Wildman–Crippen LogP) is 0.660. The van der Waals surface area contributed by atoms with Gasteiger partial charge in [0.05, 0.1) is 26.2 Å². The summed E-state index contributed by atoms with van der Waals surface area (Å²) in [6.45, 7) is 5.54. The van der Waals surface area contributed by atoms with Gasteiger partial charge in [-0.05, 0) is 6.42 Å². The lowest BCUT2D eigenvalue weighted by atomic mass is 10.2. The van der Waals surface area contributed by atoms with Crippen molar-refractivity contribution in [2.24, 2.45) is 0 Å². The lowest BCUT2D eigenvalue weighted by Gasteiger charge is -2.32. The number of esters is 1. The van der Waals surface area contributed by atoms with E-state index in [0.29, 0.717) is 12.5 Å². The van der Waals surface area contributed by atoms with Gasteiger partial charge in [-0.25, -0.2) is 0 Å². The topological polar surface area (TPSA) is 38.8 Å². The lowest BCUT2D eigenvalue weighted by molar-refractivity contribution is -0.141. The van der Waals surface area contributed by atoms with Gasteiger partial charge in [-0.15, -0.1) is 0 Å². The highest BCUT2D eigenvalue weighted by atomic mass is 16.5. The molecule has 0 radical (unpaired) electrons. The van der Waals surface area contributed by atoms with Crippen molar-refractivity contribution in [2.45, 2.75) is 25.9 Å². The Morgan fingerprint density at radius 3 is 3.07 bits per heavy atom. The quantitative estimate of drug-likeness (QED) is 0.626. The van der Waals surface area contributed by atoms with Gasteiger partial charge in [-0.2, -0.15) is 0 Å². The minimum absolute atomic E-state index is 0.135. The van der Waals surface area contributed by atoms with Crippen LogP contribution in [0.1, 0.15) is 19.8 Å². The molecule has 1 aliphatic heterocycles. The van der Waals surface area contributed by atoms with Crippen molar-refractivity contribution in [3.63, 3.8) is 0 Å². The Kier molecular flexibility index (Phi) is 4.90. The van der Waals surface area contributed by atoms with Crippen molar-refractivity contribution in [3.05, 3.63) is 0 Å². The molecule has 1 heterocycles. The van der Waals surface area contributed by atoms with Gasteiger partial charge in [-0.3, -0.25) is 9.69 Å². The number of carbonyl (C=O) groups is 1. The molecule has 0 saturated carbocycles. The van der Waals surface area contributed by atoms with Crippen LogP contribution in [0.5, 0.6) is 0 Å². The third-order valence-electron chi connectivity index (χ3n) is 2.54. The zero-order valence-electron chi connectivity index (χ0n) is 8.99. The van der Waals surface area contributed by atoms with Crippen LogP contribution >= 0.6 is 0 Å². The maximum atomic E-state index is 10.9. The molecule has 0 aromatic heterocycles. The monoisotopic (exact) mass is 201 g/mol. The number of rotatable bonds is 4. The van der Waals surface area contributed by atoms with E-state index in [9.17, 15) is 4.79 Å². The molecular weight excluding hydrogens is 182 g/mol. The average Bonchev–Trinajstić information content (AvgIpc) is 2.26. The van der Waals surface area contributed by atoms with E-state index >= 15 is 0 Å². The summed E-state index contributed by atoms with van der Waals surface area (Å²) in [5, 5.41) is 0. The number of carbonyl (C=O) groups excluding carboxylic acids is 1. The minimum Gasteiger partial charge on any atom is -0.469 e. The second kappa shape index (κ2) is 5.98. The fourth-order valence-electron chi connectivity index (χ4n) is 1.58. The molecule has 0 aromatic carbocycles. The standard InChI is InChI=1S/C10H19NO3/c1-3-9-8-11(6-7-14-9)5-4-10(12)13-2/h9H,3-8H2,1-2H3. The second-order valence-corrected chi connectivity index (χ2v) is 3.53. The first-order valence-corrected chi connectivity index (χ1v) is 5.17. The van der Waals surface area contributed by atoms with Crippen molar-refractivity contribution in [3.8, 4) is 0 Å². The normalized spacial score (nSPS) is 23.4. The highest BCUT2D eigenvalue weighted by Crippen LogP contribution is 2.08. The summed E-state index contributed by atoms with van der Waals surface area (Å²) >= 11 is 0. The first-order valence-electron chi connectivity index (χ1n) is 5.17. The third-order valence-corrected chi connectivity index (χ3v) is 2.54. The largest absolute Gasteiger partial charge is 0.469 e. The van der Waals surface area contributed by atoms with Crippen molar-refractivity contribution in [2.75, 3.05) is 33.4 Å². The van der Waals surface area contributed by atoms with Crippen molar-refractivity contribution < 1.29 is 14.3 Å². The number of nitrogens with zero attached hydrogens (tertiary/aromatic N) is 1. The fourth-order valence-corrected chi connectivity index (χ4v) is 1.58. The molecule has 1 saturated heterocycles. The van der Waals surface area contributed by atoms with Gasteiger partial charge in [-0.1, -0.05) is 6.92 Å². The van der Waals surface area contributed by atoms with E-state index in [-0.39, 0.29) is 5.97 Å². The maximum absolute atomic E-state index is 10.9. The van der Waals surface area contributed by atoms with Crippen LogP contribution in [0.3, 0.4) is 0 Å². The molecule has 14 heavy (non-hydrogen) atoms. The van der Waals surface area contributed by atoms with E-state index in [1.807, 2.05) is 0 Å². The van der Waals surface area contributed by atoms with Crippen LogP contribution in [-0.4, -0.2) is 50.3 Å². The third kappa shape index (κ3) is 3.64. The van der Waals surface area contributed by atoms with Gasteiger partial charge in [0.25, 0.3) is 0 Å². The van der Waals surface area contributed by atoms with Crippen molar-refractivity contribution in [1.29, 1.82) is 0 Å². The Hall–Kier alpha value is -0.610. The number of morpholine rings is 1. The summed E-state index contributed by atoms with van der Waals surface area (Å²) < 4.78 is 10.1. The molecule has 1 atom stereocenters. The van der Waals surface area contributed by atoms with Gasteiger partial charge in [0, 0.05) is 19.6 Å². The van der Waals surface area contributed by atoms with Gasteiger partial charge < -0.3 is 9.47 Å². The summed E-state index contributed by atoms with van der Waals surface area (Å²) in [7, 11) is 1.43. The average molecular weight is 201 g/mol. The molecule has 0 aliphatic carbocycles. The first kappa shape index (κ1) is 11.5. The summed E-state index contributed by atoms with van der Waals surface area (Å²) in [6, 6.07) is 0. The number of hydrogen-bond donors (Lipinski definition) is 0. The van der Waals surface area contributed by atoms with E-state index in [4.69, 9.17) is 4.74 Å². The Morgan fingerprint density at radius 1 is 1.64 bits per heavy atom. The molecule has 0 amide bonds. The molecule has 0 N–H and O–H groups in total. The lowest BCUT2D eigenvalue weighted by Crippen LogP contribution is -2.42. The molecule has 0 aromatic rings. The molecule has 1 rings (SSSR count). The Morgan fingerprint density at radius 2 is 2.43 bits per heavy atom. The van der Waals surface area contributed by atoms with Crippen LogP contribution in [0.2, 0.25) is 0 Å². The van der Waals surface area contributed by atoms with Crippen LogP contribution in [0.4, 0.5) is 0 Å². The summed E-state index contributed by atoms with van der Waals surface area (Å²) in [6.07, 6.45) is 1.85. The smallest absolute Gasteiger partial charge is 0.306 e. The first-order chi connectivity index (χ1) is 6.76. The Labute approximate surface area is 85.2 Å². The number of ether oxygens (including phenoxy) is 2. The summed E-state index contributed by atoms with van der Waals surface area (Å²) in [5.41, 5.74) is 0. The van der Waals surface area contributed by atoms with Crippen LogP contribution < -0.4 is 0 Å². The fraction of sp³-hybridized carbons (Fsp3) is 0.900. The van der Waals surface area contributed by atoms with E-state index < -0.39 is 0 Å². The van der Waals surface area contributed by atoms with Gasteiger partial charge in [0.15, 0.2) is 0 Å². The molecule has 4 nitrogen and oxygen atoms in total. The molecule has 1 aliphatic rings. The molecular formula is C10H19NO3. The predicted molar refractivity (Wildman–Crippen MR) is 53.1 cm³/mol. The van der Waals surface area contributed by atoms with E-state index in [1.165, 1.54) is 7.11 Å². The van der Waals surface area contributed by atoms with Crippen LogP contribution in [0, 0.1) is 0 Å². The van der Waals surface area contributed by atoms with E-state index in [1.54, 1.807) is 0 Å². The van der Waals surface area contributed by atoms with Gasteiger partial charge in [0.1, 0.15) is 0 Å². The van der Waals surface area contributed by atoms with Gasteiger partial charge in [0.2, 0.25) is 0 Å². The number of methoxy groups -OCH3 is 1. The highest BCUT2D eigenvalue weighted by molar-refractivity contribution is 5.69. The zero-order valence-corrected chi connectivity index (χ0v) is 8.99. The summed E-state index contributed by atoms with van der Waals surface area (Å²) in [4.78, 5) is 13.2. The minimum atomic E-state index is -0.135. The molecule has 1 fully saturated rings. The van der Waals surface area contributed by atoms with E-state index in [0.717, 1.165) is 32.7 Å². The Bertz CT molecular complexity index is 184. The molecule has 0 bridgehead atoms. The molecule has 1 unspecified atom stereocenters. The SMILES string of the molecule is CCC1CN(CCC(=O)OC)CCO1. The highest BCUT2D eigenvalue weighted by Gasteiger charge is 2.19. The molecule has 82 valence electrons. The van der Waals surface area contributed by atoms with E-state index in [2.05, 4.69) is 16.6 Å². The summed E-state index contributed by atoms with van der Waals surface area (Å²) in [5.74, 6) is -0.135. The van der Waals surface area contributed by atoms with Gasteiger partial charge >= 0.3 is 5.97 Å².